The lowest BCUT2D eigenvalue weighted by Crippen LogP contribution is -2.08. The van der Waals surface area contributed by atoms with Gasteiger partial charge < -0.3 is 10.2 Å². The number of phenols is 1. The van der Waals surface area contributed by atoms with Gasteiger partial charge in [-0.3, -0.25) is 0 Å². The van der Waals surface area contributed by atoms with Gasteiger partial charge in [-0.1, -0.05) is 11.6 Å². The minimum absolute atomic E-state index is 0.292. The summed E-state index contributed by atoms with van der Waals surface area (Å²) in [5.41, 5.74) is -2.13. The maximum atomic E-state index is 12.2. The van der Waals surface area contributed by atoms with E-state index in [0.29, 0.717) is 12.1 Å². The summed E-state index contributed by atoms with van der Waals surface area (Å²) in [6.07, 6.45) is -4.82. The first kappa shape index (κ1) is 11.6. The molecule has 0 spiro atoms. The molecule has 1 aromatic carbocycles. The number of aromatic hydroxyl groups is 1. The Balaban J connectivity index is 3.43. The lowest BCUT2D eigenvalue weighted by Gasteiger charge is -2.10. The summed E-state index contributed by atoms with van der Waals surface area (Å²) < 4.78 is 36.7. The molecule has 0 saturated carbocycles. The third-order valence-electron chi connectivity index (χ3n) is 1.62. The van der Waals surface area contributed by atoms with E-state index < -0.39 is 34.0 Å². The SMILES string of the molecule is O=C(O)c1cc(C(F)(F)F)c(O)cc1Cl. The third-order valence-corrected chi connectivity index (χ3v) is 1.93. The Bertz CT molecular complexity index is 414. The van der Waals surface area contributed by atoms with Crippen LogP contribution in [0.15, 0.2) is 12.1 Å². The molecule has 0 heterocycles. The van der Waals surface area contributed by atoms with Crippen molar-refractivity contribution in [3.63, 3.8) is 0 Å². The average molecular weight is 241 g/mol. The summed E-state index contributed by atoms with van der Waals surface area (Å²) in [7, 11) is 0. The molecule has 0 aliphatic heterocycles. The normalized spacial score (nSPS) is 11.5. The van der Waals surface area contributed by atoms with Crippen LogP contribution in [0.4, 0.5) is 13.2 Å². The van der Waals surface area contributed by atoms with E-state index in [2.05, 4.69) is 0 Å². The molecule has 0 bridgehead atoms. The zero-order valence-electron chi connectivity index (χ0n) is 6.97. The Kier molecular flexibility index (Phi) is 2.81. The van der Waals surface area contributed by atoms with Crippen molar-refractivity contribution in [2.24, 2.45) is 0 Å². The average Bonchev–Trinajstić information content (AvgIpc) is 2.00. The standard InChI is InChI=1S/C8H4ClF3O3/c9-5-2-6(13)4(8(10,11)12)1-3(5)7(14)15/h1-2,13H,(H,14,15). The molecule has 0 saturated heterocycles. The van der Waals surface area contributed by atoms with Crippen LogP contribution < -0.4 is 0 Å². The van der Waals surface area contributed by atoms with Gasteiger partial charge in [0, 0.05) is 0 Å². The molecule has 0 radical (unpaired) electrons. The van der Waals surface area contributed by atoms with E-state index >= 15 is 0 Å². The summed E-state index contributed by atoms with van der Waals surface area (Å²) in [5, 5.41) is 17.0. The van der Waals surface area contributed by atoms with Gasteiger partial charge in [0.1, 0.15) is 5.75 Å². The summed E-state index contributed by atoms with van der Waals surface area (Å²) in [6.45, 7) is 0. The first-order chi connectivity index (χ1) is 6.73. The van der Waals surface area contributed by atoms with E-state index in [1.54, 1.807) is 0 Å². The first-order valence-corrected chi connectivity index (χ1v) is 3.94. The number of hydrogen-bond acceptors (Lipinski definition) is 2. The maximum Gasteiger partial charge on any atom is 0.419 e. The van der Waals surface area contributed by atoms with Crippen molar-refractivity contribution in [2.45, 2.75) is 6.18 Å². The first-order valence-electron chi connectivity index (χ1n) is 3.56. The highest BCUT2D eigenvalue weighted by atomic mass is 35.5. The lowest BCUT2D eigenvalue weighted by atomic mass is 10.1. The molecular weight excluding hydrogens is 237 g/mol. The van der Waals surface area contributed by atoms with Gasteiger partial charge in [-0.15, -0.1) is 0 Å². The van der Waals surface area contributed by atoms with Crippen LogP contribution in [0.5, 0.6) is 5.75 Å². The van der Waals surface area contributed by atoms with E-state index in [1.807, 2.05) is 0 Å². The zero-order valence-corrected chi connectivity index (χ0v) is 7.73. The highest BCUT2D eigenvalue weighted by Gasteiger charge is 2.35. The number of carbonyl (C=O) groups is 1. The second-order valence-corrected chi connectivity index (χ2v) is 3.06. The molecule has 82 valence electrons. The molecule has 1 rings (SSSR count). The van der Waals surface area contributed by atoms with Crippen molar-refractivity contribution >= 4 is 17.6 Å². The van der Waals surface area contributed by atoms with E-state index in [9.17, 15) is 18.0 Å². The number of phenolic OH excluding ortho intramolecular Hbond substituents is 1. The lowest BCUT2D eigenvalue weighted by molar-refractivity contribution is -0.138. The van der Waals surface area contributed by atoms with Crippen LogP contribution in [0.2, 0.25) is 5.02 Å². The monoisotopic (exact) mass is 240 g/mol. The topological polar surface area (TPSA) is 57.5 Å². The molecule has 0 unspecified atom stereocenters. The van der Waals surface area contributed by atoms with Crippen molar-refractivity contribution in [1.82, 2.24) is 0 Å². The minimum Gasteiger partial charge on any atom is -0.507 e. The molecule has 1 aromatic rings. The third kappa shape index (κ3) is 2.33. The van der Waals surface area contributed by atoms with Crippen LogP contribution in [0.3, 0.4) is 0 Å². The van der Waals surface area contributed by atoms with Gasteiger partial charge in [-0.25, -0.2) is 4.79 Å². The van der Waals surface area contributed by atoms with E-state index in [0.717, 1.165) is 0 Å². The van der Waals surface area contributed by atoms with Gasteiger partial charge >= 0.3 is 12.1 Å². The molecule has 0 fully saturated rings. The summed E-state index contributed by atoms with van der Waals surface area (Å²) >= 11 is 5.34. The Hall–Kier alpha value is -1.43. The fourth-order valence-electron chi connectivity index (χ4n) is 0.954. The van der Waals surface area contributed by atoms with Crippen molar-refractivity contribution in [2.75, 3.05) is 0 Å². The van der Waals surface area contributed by atoms with Crippen LogP contribution >= 0.6 is 11.6 Å². The Labute approximate surface area is 86.7 Å². The second-order valence-electron chi connectivity index (χ2n) is 2.65. The fourth-order valence-corrected chi connectivity index (χ4v) is 1.19. The molecule has 0 aromatic heterocycles. The van der Waals surface area contributed by atoms with Crippen LogP contribution in [-0.2, 0) is 6.18 Å². The van der Waals surface area contributed by atoms with Crippen LogP contribution in [-0.4, -0.2) is 16.2 Å². The second kappa shape index (κ2) is 3.62. The summed E-state index contributed by atoms with van der Waals surface area (Å²) in [5.74, 6) is -2.69. The van der Waals surface area contributed by atoms with E-state index in [-0.39, 0.29) is 0 Å². The van der Waals surface area contributed by atoms with E-state index in [1.165, 1.54) is 0 Å². The summed E-state index contributed by atoms with van der Waals surface area (Å²) in [4.78, 5) is 10.5. The molecular formula is C8H4ClF3O3. The number of rotatable bonds is 1. The molecule has 0 aliphatic carbocycles. The molecule has 7 heteroatoms. The van der Waals surface area contributed by atoms with Gasteiger partial charge in [-0.2, -0.15) is 13.2 Å². The maximum absolute atomic E-state index is 12.2. The molecule has 0 aliphatic rings. The van der Waals surface area contributed by atoms with Gasteiger partial charge in [-0.05, 0) is 12.1 Å². The molecule has 15 heavy (non-hydrogen) atoms. The van der Waals surface area contributed by atoms with Crippen LogP contribution in [0.25, 0.3) is 0 Å². The van der Waals surface area contributed by atoms with Crippen LogP contribution in [0, 0.1) is 0 Å². The number of carboxylic acids is 1. The number of carboxylic acid groups (broad SMARTS) is 1. The Morgan fingerprint density at radius 1 is 1.33 bits per heavy atom. The smallest absolute Gasteiger partial charge is 0.419 e. The largest absolute Gasteiger partial charge is 0.507 e. The minimum atomic E-state index is -4.82. The Morgan fingerprint density at radius 3 is 2.27 bits per heavy atom. The molecule has 0 amide bonds. The van der Waals surface area contributed by atoms with Crippen molar-refractivity contribution < 1.29 is 28.2 Å². The van der Waals surface area contributed by atoms with Crippen LogP contribution in [0.1, 0.15) is 15.9 Å². The van der Waals surface area contributed by atoms with Gasteiger partial charge in [0.15, 0.2) is 0 Å². The van der Waals surface area contributed by atoms with Gasteiger partial charge in [0.2, 0.25) is 0 Å². The van der Waals surface area contributed by atoms with Gasteiger partial charge in [0.25, 0.3) is 0 Å². The predicted octanol–water partition coefficient (Wildman–Crippen LogP) is 2.76. The highest BCUT2D eigenvalue weighted by Crippen LogP contribution is 2.38. The molecule has 2 N–H and O–H groups in total. The van der Waals surface area contributed by atoms with Crippen molar-refractivity contribution in [1.29, 1.82) is 0 Å². The van der Waals surface area contributed by atoms with Crippen molar-refractivity contribution in [3.05, 3.63) is 28.3 Å². The zero-order chi connectivity index (χ0) is 11.8. The number of benzene rings is 1. The quantitative estimate of drug-likeness (QED) is 0.794. The van der Waals surface area contributed by atoms with Gasteiger partial charge in [0.05, 0.1) is 16.1 Å². The number of alkyl halides is 3. The number of halogens is 4. The Morgan fingerprint density at radius 2 is 1.87 bits per heavy atom. The molecule has 0 atom stereocenters. The highest BCUT2D eigenvalue weighted by molar-refractivity contribution is 6.33. The number of hydrogen-bond donors (Lipinski definition) is 2. The van der Waals surface area contributed by atoms with Crippen molar-refractivity contribution in [3.8, 4) is 5.75 Å². The predicted molar refractivity (Wildman–Crippen MR) is 45.1 cm³/mol. The summed E-state index contributed by atoms with van der Waals surface area (Å²) in [6, 6.07) is 0.841. The fraction of sp³-hybridized carbons (Fsp3) is 0.125. The van der Waals surface area contributed by atoms with E-state index in [4.69, 9.17) is 21.8 Å². The molecule has 3 nitrogen and oxygen atoms in total. The number of aromatic carboxylic acids is 1.